The van der Waals surface area contributed by atoms with Gasteiger partial charge in [0, 0.05) is 6.04 Å². The van der Waals surface area contributed by atoms with E-state index < -0.39 is 27.0 Å². The van der Waals surface area contributed by atoms with Gasteiger partial charge in [-0.15, -0.1) is 0 Å². The Bertz CT molecular complexity index is 291. The molecule has 0 aromatic carbocycles. The molecule has 7 heteroatoms. The lowest BCUT2D eigenvalue weighted by molar-refractivity contribution is -0.0453. The van der Waals surface area contributed by atoms with E-state index >= 15 is 0 Å². The fourth-order valence-electron chi connectivity index (χ4n) is 0.476. The summed E-state index contributed by atoms with van der Waals surface area (Å²) >= 11 is 0. The molecule has 16 heavy (non-hydrogen) atoms. The van der Waals surface area contributed by atoms with Crippen LogP contribution in [0.4, 0.5) is 13.2 Å². The molecule has 0 saturated carbocycles. The average molecular weight is 263 g/mol. The molecule has 0 aliphatic rings. The zero-order chi connectivity index (χ0) is 13.8. The fourth-order valence-corrected chi connectivity index (χ4v) is 1.43. The van der Waals surface area contributed by atoms with E-state index in [1.54, 1.807) is 25.5 Å². The summed E-state index contributed by atoms with van der Waals surface area (Å²) in [6, 6.07) is -0.783. The summed E-state index contributed by atoms with van der Waals surface area (Å²) in [5, 5.41) is 0. The van der Waals surface area contributed by atoms with Crippen LogP contribution in [0.5, 0.6) is 0 Å². The molecule has 0 radical (unpaired) electrons. The summed E-state index contributed by atoms with van der Waals surface area (Å²) in [6.45, 7) is 10.3. The molecule has 0 spiro atoms. The summed E-state index contributed by atoms with van der Waals surface area (Å²) in [4.78, 5) is 0. The highest BCUT2D eigenvalue weighted by Gasteiger charge is 2.47. The molecule has 0 heterocycles. The van der Waals surface area contributed by atoms with Crippen LogP contribution in [0.1, 0.15) is 41.5 Å². The molecule has 0 aliphatic carbocycles. The van der Waals surface area contributed by atoms with Crippen LogP contribution in [-0.2, 0) is 10.0 Å². The summed E-state index contributed by atoms with van der Waals surface area (Å²) in [5.41, 5.74) is -5.80. The minimum absolute atomic E-state index is 0.557. The number of halogens is 3. The van der Waals surface area contributed by atoms with Crippen molar-refractivity contribution in [2.45, 2.75) is 53.1 Å². The lowest BCUT2D eigenvalue weighted by Gasteiger charge is -2.28. The number of nitrogens with one attached hydrogen (secondary N) is 1. The predicted molar refractivity (Wildman–Crippen MR) is 58.4 cm³/mol. The van der Waals surface area contributed by atoms with Gasteiger partial charge in [-0.3, -0.25) is 0 Å². The average Bonchev–Trinajstić information content (AvgIpc) is 2.03. The van der Waals surface area contributed by atoms with Crippen LogP contribution in [0.3, 0.4) is 0 Å². The van der Waals surface area contributed by atoms with Gasteiger partial charge < -0.3 is 0 Å². The van der Waals surface area contributed by atoms with Gasteiger partial charge in [0.1, 0.15) is 0 Å². The maximum absolute atomic E-state index is 11.9. The lowest BCUT2D eigenvalue weighted by Crippen LogP contribution is -2.46. The fraction of sp³-hybridized carbons (Fsp3) is 1.00. The number of hydrogen-bond donors (Lipinski definition) is 1. The minimum atomic E-state index is -5.24. The number of hydrogen-bond acceptors (Lipinski definition) is 2. The second-order valence-electron chi connectivity index (χ2n) is 4.15. The molecule has 1 unspecified atom stereocenters. The maximum atomic E-state index is 11.9. The Morgan fingerprint density at radius 2 is 1.38 bits per heavy atom. The van der Waals surface area contributed by atoms with Crippen LogP contribution in [0.25, 0.3) is 0 Å². The van der Waals surface area contributed by atoms with Crippen molar-refractivity contribution in [3.8, 4) is 0 Å². The van der Waals surface area contributed by atoms with Crippen LogP contribution >= 0.6 is 0 Å². The molecule has 0 amide bonds. The molecule has 0 saturated heterocycles. The predicted octanol–water partition coefficient (Wildman–Crippen LogP) is 2.89. The van der Waals surface area contributed by atoms with E-state index in [0.29, 0.717) is 0 Å². The number of sulfonamides is 1. The highest BCUT2D eigenvalue weighted by atomic mass is 32.2. The second-order valence-corrected chi connectivity index (χ2v) is 5.86. The maximum Gasteiger partial charge on any atom is 0.511 e. The summed E-state index contributed by atoms with van der Waals surface area (Å²) in [7, 11) is -5.23. The molecular weight excluding hydrogens is 243 g/mol. The van der Waals surface area contributed by atoms with Crippen molar-refractivity contribution in [3.63, 3.8) is 0 Å². The first kappa shape index (κ1) is 18.1. The summed E-state index contributed by atoms with van der Waals surface area (Å²) in [5.74, 6) is 0. The molecule has 3 nitrogen and oxygen atoms in total. The standard InChI is InChI=1S/C7H14F3NO2S.C2H6/c1-5(6(2,3)4)11-14(12,13)7(8,9)10;1-2/h5,11H,1-4H3;1-2H3. The molecule has 1 N–H and O–H groups in total. The molecular formula is C9H20F3NO2S. The quantitative estimate of drug-likeness (QED) is 0.832. The lowest BCUT2D eigenvalue weighted by atomic mass is 9.89. The molecule has 0 rings (SSSR count). The molecule has 0 aliphatic heterocycles. The van der Waals surface area contributed by atoms with Crippen LogP contribution in [0.15, 0.2) is 0 Å². The van der Waals surface area contributed by atoms with Gasteiger partial charge in [-0.25, -0.2) is 13.1 Å². The first-order valence-corrected chi connectivity index (χ1v) is 6.45. The van der Waals surface area contributed by atoms with Crippen molar-refractivity contribution >= 4 is 10.0 Å². The molecule has 0 aromatic rings. The van der Waals surface area contributed by atoms with E-state index in [9.17, 15) is 21.6 Å². The molecule has 1 atom stereocenters. The Balaban J connectivity index is 0. The Morgan fingerprint density at radius 3 is 1.56 bits per heavy atom. The van der Waals surface area contributed by atoms with Gasteiger partial charge in [-0.05, 0) is 12.3 Å². The molecule has 0 fully saturated rings. The normalized spacial score (nSPS) is 15.1. The van der Waals surface area contributed by atoms with E-state index in [-0.39, 0.29) is 0 Å². The van der Waals surface area contributed by atoms with Crippen LogP contribution in [0, 0.1) is 5.41 Å². The zero-order valence-corrected chi connectivity index (χ0v) is 11.3. The summed E-state index contributed by atoms with van der Waals surface area (Å²) < 4.78 is 58.7. The minimum Gasteiger partial charge on any atom is -0.204 e. The van der Waals surface area contributed by atoms with Crippen molar-refractivity contribution in [2.75, 3.05) is 0 Å². The monoisotopic (exact) mass is 263 g/mol. The first-order chi connectivity index (χ1) is 6.88. The zero-order valence-electron chi connectivity index (χ0n) is 10.4. The highest BCUT2D eigenvalue weighted by molar-refractivity contribution is 7.90. The SMILES string of the molecule is CC.CC(NS(=O)(=O)C(F)(F)F)C(C)(C)C. The Hall–Kier alpha value is -0.300. The third-order valence-corrected chi connectivity index (χ3v) is 3.21. The number of rotatable bonds is 2. The van der Waals surface area contributed by atoms with E-state index in [4.69, 9.17) is 0 Å². The van der Waals surface area contributed by atoms with Gasteiger partial charge in [-0.2, -0.15) is 13.2 Å². The van der Waals surface area contributed by atoms with Crippen molar-refractivity contribution in [1.29, 1.82) is 0 Å². The van der Waals surface area contributed by atoms with Crippen LogP contribution in [-0.4, -0.2) is 20.0 Å². The van der Waals surface area contributed by atoms with Crippen LogP contribution in [0.2, 0.25) is 0 Å². The highest BCUT2D eigenvalue weighted by Crippen LogP contribution is 2.25. The van der Waals surface area contributed by atoms with E-state index in [1.807, 2.05) is 13.8 Å². The largest absolute Gasteiger partial charge is 0.511 e. The molecule has 0 aromatic heterocycles. The van der Waals surface area contributed by atoms with Gasteiger partial charge in [0.2, 0.25) is 0 Å². The van der Waals surface area contributed by atoms with E-state index in [2.05, 4.69) is 0 Å². The van der Waals surface area contributed by atoms with E-state index in [1.165, 1.54) is 6.92 Å². The Labute approximate surface area is 95.5 Å². The Morgan fingerprint density at radius 1 is 1.06 bits per heavy atom. The molecule has 100 valence electrons. The third-order valence-electron chi connectivity index (χ3n) is 1.94. The van der Waals surface area contributed by atoms with E-state index in [0.717, 1.165) is 0 Å². The van der Waals surface area contributed by atoms with Gasteiger partial charge in [-0.1, -0.05) is 34.6 Å². The van der Waals surface area contributed by atoms with Crippen molar-refractivity contribution in [2.24, 2.45) is 5.41 Å². The van der Waals surface area contributed by atoms with Gasteiger partial charge in [0.15, 0.2) is 0 Å². The second kappa shape index (κ2) is 5.86. The smallest absolute Gasteiger partial charge is 0.204 e. The Kier molecular flexibility index (Phi) is 6.62. The summed E-state index contributed by atoms with van der Waals surface area (Å²) in [6.07, 6.45) is 0. The van der Waals surface area contributed by atoms with Crippen molar-refractivity contribution < 1.29 is 21.6 Å². The van der Waals surface area contributed by atoms with Crippen molar-refractivity contribution in [3.05, 3.63) is 0 Å². The van der Waals surface area contributed by atoms with Crippen LogP contribution < -0.4 is 4.72 Å². The van der Waals surface area contributed by atoms with Crippen molar-refractivity contribution in [1.82, 2.24) is 4.72 Å². The van der Waals surface area contributed by atoms with Gasteiger partial charge >= 0.3 is 15.5 Å². The van der Waals surface area contributed by atoms with Gasteiger partial charge in [0.05, 0.1) is 0 Å². The third kappa shape index (κ3) is 5.69. The molecule has 0 bridgehead atoms. The first-order valence-electron chi connectivity index (χ1n) is 4.96. The van der Waals surface area contributed by atoms with Gasteiger partial charge in [0.25, 0.3) is 0 Å². The topological polar surface area (TPSA) is 46.2 Å². The number of alkyl halides is 3.